The zero-order valence-corrected chi connectivity index (χ0v) is 11.9. The molecule has 2 atom stereocenters. The number of benzene rings is 1. The highest BCUT2D eigenvalue weighted by Crippen LogP contribution is 2.31. The number of rotatable bonds is 4. The molecule has 1 aliphatic carbocycles. The molecule has 0 radical (unpaired) electrons. The fraction of sp³-hybridized carbons (Fsp3) is 0.647. The molecule has 0 heterocycles. The molecule has 2 unspecified atom stereocenters. The monoisotopic (exact) mass is 245 g/mol. The zero-order chi connectivity index (χ0) is 12.8. The van der Waals surface area contributed by atoms with Crippen LogP contribution in [0.25, 0.3) is 0 Å². The van der Waals surface area contributed by atoms with Crippen LogP contribution in [0.2, 0.25) is 0 Å². The second-order valence-corrected chi connectivity index (χ2v) is 5.78. The number of hydrogen-bond acceptors (Lipinski definition) is 1. The average molecular weight is 245 g/mol. The fourth-order valence-electron chi connectivity index (χ4n) is 3.04. The Kier molecular flexibility index (Phi) is 5.25. The lowest BCUT2D eigenvalue weighted by atomic mass is 9.90. The fourth-order valence-corrected chi connectivity index (χ4v) is 3.04. The van der Waals surface area contributed by atoms with Crippen LogP contribution in [-0.4, -0.2) is 12.6 Å². The van der Waals surface area contributed by atoms with Crippen LogP contribution in [0.3, 0.4) is 0 Å². The topological polar surface area (TPSA) is 12.0 Å². The molecule has 18 heavy (non-hydrogen) atoms. The van der Waals surface area contributed by atoms with E-state index < -0.39 is 0 Å². The van der Waals surface area contributed by atoms with Gasteiger partial charge in [0.05, 0.1) is 0 Å². The molecule has 0 spiro atoms. The van der Waals surface area contributed by atoms with Gasteiger partial charge in [0, 0.05) is 6.04 Å². The lowest BCUT2D eigenvalue weighted by Gasteiger charge is -2.21. The number of nitrogens with one attached hydrogen (secondary N) is 1. The summed E-state index contributed by atoms with van der Waals surface area (Å²) in [6.07, 6.45) is 8.08. The summed E-state index contributed by atoms with van der Waals surface area (Å²) in [5.41, 5.74) is 2.92. The second-order valence-electron chi connectivity index (χ2n) is 5.78. The Hall–Kier alpha value is -0.820. The normalized spacial score (nSPS) is 24.8. The van der Waals surface area contributed by atoms with E-state index in [0.29, 0.717) is 0 Å². The Morgan fingerprint density at radius 2 is 1.83 bits per heavy atom. The van der Waals surface area contributed by atoms with E-state index in [1.165, 1.54) is 50.6 Å². The molecule has 1 aromatic rings. The van der Waals surface area contributed by atoms with Crippen LogP contribution in [0.4, 0.5) is 0 Å². The molecule has 0 aromatic heterocycles. The molecular formula is C17H27N. The molecule has 2 rings (SSSR count). The van der Waals surface area contributed by atoms with E-state index in [-0.39, 0.29) is 0 Å². The van der Waals surface area contributed by atoms with Crippen LogP contribution in [0.1, 0.15) is 62.5 Å². The summed E-state index contributed by atoms with van der Waals surface area (Å²) >= 11 is 0. The average Bonchev–Trinajstić information content (AvgIpc) is 2.63. The van der Waals surface area contributed by atoms with Crippen molar-refractivity contribution >= 4 is 0 Å². The highest BCUT2D eigenvalue weighted by atomic mass is 14.9. The first-order valence-corrected chi connectivity index (χ1v) is 7.59. The predicted molar refractivity (Wildman–Crippen MR) is 79.1 cm³/mol. The minimum Gasteiger partial charge on any atom is -0.314 e. The van der Waals surface area contributed by atoms with Gasteiger partial charge in [-0.25, -0.2) is 0 Å². The largest absolute Gasteiger partial charge is 0.314 e. The van der Waals surface area contributed by atoms with Crippen molar-refractivity contribution in [2.45, 2.75) is 64.3 Å². The molecule has 0 amide bonds. The maximum Gasteiger partial charge on any atom is 0.00728 e. The standard InChI is InChI=1S/C17H27N/c1-3-12-18-17-7-5-4-6-16(13-17)15-10-8-14(2)9-11-15/h8-11,16-18H,3-7,12-13H2,1-2H3. The molecule has 1 N–H and O–H groups in total. The van der Waals surface area contributed by atoms with Crippen LogP contribution in [0.5, 0.6) is 0 Å². The smallest absolute Gasteiger partial charge is 0.00728 e. The Morgan fingerprint density at radius 3 is 2.56 bits per heavy atom. The SMILES string of the molecule is CCCNC1CCCCC(c2ccc(C)cc2)C1. The first-order valence-electron chi connectivity index (χ1n) is 7.59. The van der Waals surface area contributed by atoms with Gasteiger partial charge in [0.25, 0.3) is 0 Å². The van der Waals surface area contributed by atoms with Crippen LogP contribution >= 0.6 is 0 Å². The van der Waals surface area contributed by atoms with Gasteiger partial charge in [0.15, 0.2) is 0 Å². The zero-order valence-electron chi connectivity index (χ0n) is 11.9. The van der Waals surface area contributed by atoms with Crippen molar-refractivity contribution in [2.75, 3.05) is 6.54 Å². The Morgan fingerprint density at radius 1 is 1.11 bits per heavy atom. The van der Waals surface area contributed by atoms with E-state index in [1.807, 2.05) is 0 Å². The third-order valence-corrected chi connectivity index (χ3v) is 4.16. The van der Waals surface area contributed by atoms with Crippen molar-refractivity contribution in [2.24, 2.45) is 0 Å². The third kappa shape index (κ3) is 3.84. The highest BCUT2D eigenvalue weighted by Gasteiger charge is 2.20. The van der Waals surface area contributed by atoms with Crippen molar-refractivity contribution in [3.05, 3.63) is 35.4 Å². The molecule has 1 fully saturated rings. The summed E-state index contributed by atoms with van der Waals surface area (Å²) in [6, 6.07) is 9.92. The van der Waals surface area contributed by atoms with Gasteiger partial charge >= 0.3 is 0 Å². The first-order chi connectivity index (χ1) is 8.79. The van der Waals surface area contributed by atoms with Crippen molar-refractivity contribution in [1.82, 2.24) is 5.32 Å². The molecule has 0 saturated heterocycles. The summed E-state index contributed by atoms with van der Waals surface area (Å²) in [5.74, 6) is 0.766. The van der Waals surface area contributed by atoms with Crippen LogP contribution in [0, 0.1) is 6.92 Å². The minimum absolute atomic E-state index is 0.735. The van der Waals surface area contributed by atoms with Gasteiger partial charge in [-0.05, 0) is 50.6 Å². The summed E-state index contributed by atoms with van der Waals surface area (Å²) in [5, 5.41) is 3.72. The molecule has 0 bridgehead atoms. The van der Waals surface area contributed by atoms with E-state index in [4.69, 9.17) is 0 Å². The summed E-state index contributed by atoms with van der Waals surface area (Å²) in [6.45, 7) is 5.59. The van der Waals surface area contributed by atoms with E-state index >= 15 is 0 Å². The van der Waals surface area contributed by atoms with Crippen LogP contribution < -0.4 is 5.32 Å². The predicted octanol–water partition coefficient (Wildman–Crippen LogP) is 4.41. The van der Waals surface area contributed by atoms with E-state index in [1.54, 1.807) is 5.56 Å². The van der Waals surface area contributed by atoms with Gasteiger partial charge in [0.1, 0.15) is 0 Å². The summed E-state index contributed by atoms with van der Waals surface area (Å²) in [7, 11) is 0. The maximum atomic E-state index is 3.72. The summed E-state index contributed by atoms with van der Waals surface area (Å²) in [4.78, 5) is 0. The molecule has 1 aromatic carbocycles. The van der Waals surface area contributed by atoms with Gasteiger partial charge in [-0.1, -0.05) is 49.6 Å². The van der Waals surface area contributed by atoms with Crippen LogP contribution in [-0.2, 0) is 0 Å². The molecule has 1 saturated carbocycles. The Labute approximate surface area is 112 Å². The number of hydrogen-bond donors (Lipinski definition) is 1. The van der Waals surface area contributed by atoms with Gasteiger partial charge in [0.2, 0.25) is 0 Å². The Bertz CT molecular complexity index is 341. The van der Waals surface area contributed by atoms with Crippen molar-refractivity contribution in [3.8, 4) is 0 Å². The van der Waals surface area contributed by atoms with Crippen molar-refractivity contribution in [1.29, 1.82) is 0 Å². The van der Waals surface area contributed by atoms with Gasteiger partial charge in [-0.2, -0.15) is 0 Å². The van der Waals surface area contributed by atoms with E-state index in [0.717, 1.165) is 12.0 Å². The minimum atomic E-state index is 0.735. The van der Waals surface area contributed by atoms with Crippen LogP contribution in [0.15, 0.2) is 24.3 Å². The van der Waals surface area contributed by atoms with Gasteiger partial charge in [-0.3, -0.25) is 0 Å². The molecule has 1 aliphatic rings. The molecular weight excluding hydrogens is 218 g/mol. The summed E-state index contributed by atoms with van der Waals surface area (Å²) < 4.78 is 0. The highest BCUT2D eigenvalue weighted by molar-refractivity contribution is 5.24. The van der Waals surface area contributed by atoms with E-state index in [9.17, 15) is 0 Å². The van der Waals surface area contributed by atoms with Gasteiger partial charge in [-0.15, -0.1) is 0 Å². The molecule has 1 heteroatoms. The lowest BCUT2D eigenvalue weighted by molar-refractivity contribution is 0.439. The van der Waals surface area contributed by atoms with Crippen molar-refractivity contribution in [3.63, 3.8) is 0 Å². The maximum absolute atomic E-state index is 3.72. The Balaban J connectivity index is 2.00. The third-order valence-electron chi connectivity index (χ3n) is 4.16. The van der Waals surface area contributed by atoms with E-state index in [2.05, 4.69) is 43.4 Å². The van der Waals surface area contributed by atoms with Crippen molar-refractivity contribution < 1.29 is 0 Å². The molecule has 1 nitrogen and oxygen atoms in total. The molecule has 0 aliphatic heterocycles. The second kappa shape index (κ2) is 6.94. The van der Waals surface area contributed by atoms with Gasteiger partial charge < -0.3 is 5.32 Å². The first kappa shape index (κ1) is 13.6. The number of aryl methyl sites for hydroxylation is 1. The molecule has 100 valence electrons. The lowest BCUT2D eigenvalue weighted by Crippen LogP contribution is -2.30. The quantitative estimate of drug-likeness (QED) is 0.775.